The van der Waals surface area contributed by atoms with Crippen LogP contribution in [0.3, 0.4) is 0 Å². The summed E-state index contributed by atoms with van der Waals surface area (Å²) in [5, 5.41) is 9.84. The van der Waals surface area contributed by atoms with Gasteiger partial charge in [-0.15, -0.1) is 0 Å². The predicted molar refractivity (Wildman–Crippen MR) is 134 cm³/mol. The summed E-state index contributed by atoms with van der Waals surface area (Å²) >= 11 is 0. The van der Waals surface area contributed by atoms with Crippen LogP contribution in [0.4, 0.5) is 8.78 Å². The number of hydrogen-bond acceptors (Lipinski definition) is 5. The molecule has 1 amide bonds. The maximum absolute atomic E-state index is 14.5. The van der Waals surface area contributed by atoms with Crippen molar-refractivity contribution in [1.29, 1.82) is 0 Å². The fourth-order valence-electron chi connectivity index (χ4n) is 4.48. The van der Waals surface area contributed by atoms with E-state index in [-0.39, 0.29) is 41.8 Å². The molecule has 0 aliphatic carbocycles. The van der Waals surface area contributed by atoms with E-state index in [1.165, 1.54) is 24.4 Å². The Bertz CT molecular complexity index is 1220. The van der Waals surface area contributed by atoms with Gasteiger partial charge in [0.15, 0.2) is 0 Å². The fraction of sp³-hybridized carbons (Fsp3) is 0.357. The zero-order chi connectivity index (χ0) is 25.8. The maximum Gasteiger partial charge on any atom is 0.259 e. The third-order valence-electron chi connectivity index (χ3n) is 6.54. The molecular weight excluding hydrogens is 464 g/mol. The molecule has 36 heavy (non-hydrogen) atoms. The van der Waals surface area contributed by atoms with Gasteiger partial charge in [-0.3, -0.25) is 9.69 Å². The zero-order valence-corrected chi connectivity index (χ0v) is 20.7. The van der Waals surface area contributed by atoms with E-state index in [1.54, 1.807) is 42.2 Å². The molecule has 3 aromatic rings. The number of pyridine rings is 1. The number of aliphatic hydroxyl groups is 1. The van der Waals surface area contributed by atoms with Crippen LogP contribution in [0.1, 0.15) is 29.8 Å². The lowest BCUT2D eigenvalue weighted by Gasteiger charge is -2.37. The van der Waals surface area contributed by atoms with Crippen LogP contribution in [0.25, 0.3) is 11.1 Å². The molecule has 8 heteroatoms. The predicted octanol–water partition coefficient (Wildman–Crippen LogP) is 4.38. The van der Waals surface area contributed by atoms with Crippen molar-refractivity contribution in [3.63, 3.8) is 0 Å². The van der Waals surface area contributed by atoms with Crippen molar-refractivity contribution in [3.05, 3.63) is 83.6 Å². The molecule has 0 bridgehead atoms. The number of carbonyl (C=O) groups excluding carboxylic acids is 1. The van der Waals surface area contributed by atoms with Crippen LogP contribution in [0, 0.1) is 17.6 Å². The van der Waals surface area contributed by atoms with Crippen molar-refractivity contribution < 1.29 is 23.4 Å². The summed E-state index contributed by atoms with van der Waals surface area (Å²) in [6, 6.07) is 14.0. The van der Waals surface area contributed by atoms with E-state index in [4.69, 9.17) is 4.74 Å². The Morgan fingerprint density at radius 1 is 1.17 bits per heavy atom. The number of nitrogens with zero attached hydrogens (tertiary/aromatic N) is 3. The summed E-state index contributed by atoms with van der Waals surface area (Å²) in [5.74, 6) is -0.933. The molecule has 0 unspecified atom stereocenters. The van der Waals surface area contributed by atoms with Crippen molar-refractivity contribution in [2.75, 3.05) is 26.7 Å². The third kappa shape index (κ3) is 5.71. The average Bonchev–Trinajstić information content (AvgIpc) is 2.86. The number of hydrogen-bond donors (Lipinski definition) is 1. The summed E-state index contributed by atoms with van der Waals surface area (Å²) in [6.07, 6.45) is 1.17. The van der Waals surface area contributed by atoms with E-state index in [0.29, 0.717) is 30.8 Å². The van der Waals surface area contributed by atoms with Crippen LogP contribution in [-0.2, 0) is 6.54 Å². The zero-order valence-electron chi connectivity index (χ0n) is 20.7. The number of halogens is 2. The standard InChI is InChI=1S/C28H31F2N3O3/c1-18-14-33(19(2)17-34)28(35)24-12-21(23-9-4-5-10-25(23)30)13-31-27(24)36-26(18)16-32(3)15-20-7-6-8-22(29)11-20/h4-13,18-19,26,34H,14-17H2,1-3H3/t18-,19-,26-/m0/s1. The first-order chi connectivity index (χ1) is 17.3. The van der Waals surface area contributed by atoms with E-state index >= 15 is 0 Å². The van der Waals surface area contributed by atoms with Gasteiger partial charge in [-0.2, -0.15) is 0 Å². The molecule has 1 aromatic heterocycles. The summed E-state index contributed by atoms with van der Waals surface area (Å²) < 4.78 is 34.4. The molecule has 2 aromatic carbocycles. The van der Waals surface area contributed by atoms with Crippen LogP contribution in [-0.4, -0.2) is 64.7 Å². The summed E-state index contributed by atoms with van der Waals surface area (Å²) in [7, 11) is 1.93. The number of ether oxygens (including phenoxy) is 1. The van der Waals surface area contributed by atoms with Gasteiger partial charge < -0.3 is 14.7 Å². The monoisotopic (exact) mass is 495 g/mol. The molecule has 3 atom stereocenters. The molecule has 0 radical (unpaired) electrons. The van der Waals surface area contributed by atoms with E-state index < -0.39 is 11.9 Å². The average molecular weight is 496 g/mol. The number of aromatic nitrogens is 1. The van der Waals surface area contributed by atoms with E-state index in [9.17, 15) is 18.7 Å². The van der Waals surface area contributed by atoms with Gasteiger partial charge in [-0.05, 0) is 43.8 Å². The van der Waals surface area contributed by atoms with Gasteiger partial charge in [0.25, 0.3) is 5.91 Å². The first kappa shape index (κ1) is 25.7. The fourth-order valence-corrected chi connectivity index (χ4v) is 4.48. The van der Waals surface area contributed by atoms with Gasteiger partial charge in [0.2, 0.25) is 5.88 Å². The Kier molecular flexibility index (Phi) is 7.96. The minimum atomic E-state index is -0.423. The minimum Gasteiger partial charge on any atom is -0.472 e. The SMILES string of the molecule is C[C@H]1CN([C@@H](C)CO)C(=O)c2cc(-c3ccccc3F)cnc2O[C@H]1CN(C)Cc1cccc(F)c1. The van der Waals surface area contributed by atoms with Crippen molar-refractivity contribution >= 4 is 5.91 Å². The molecule has 0 saturated heterocycles. The van der Waals surface area contributed by atoms with Gasteiger partial charge >= 0.3 is 0 Å². The second-order valence-electron chi connectivity index (χ2n) is 9.51. The normalized spacial score (nSPS) is 18.9. The van der Waals surface area contributed by atoms with Crippen LogP contribution in [0.15, 0.2) is 60.8 Å². The molecule has 190 valence electrons. The lowest BCUT2D eigenvalue weighted by Crippen LogP contribution is -2.49. The smallest absolute Gasteiger partial charge is 0.259 e. The first-order valence-electron chi connectivity index (χ1n) is 12.0. The van der Waals surface area contributed by atoms with Gasteiger partial charge in [0.05, 0.1) is 12.6 Å². The van der Waals surface area contributed by atoms with Crippen molar-refractivity contribution in [1.82, 2.24) is 14.8 Å². The molecule has 2 heterocycles. The number of amides is 1. The van der Waals surface area contributed by atoms with Crippen LogP contribution >= 0.6 is 0 Å². The largest absolute Gasteiger partial charge is 0.472 e. The molecule has 1 aliphatic heterocycles. The van der Waals surface area contributed by atoms with Crippen molar-refractivity contribution in [2.45, 2.75) is 32.5 Å². The molecule has 0 fully saturated rings. The quantitative estimate of drug-likeness (QED) is 0.527. The second kappa shape index (κ2) is 11.1. The van der Waals surface area contributed by atoms with Gasteiger partial charge in [0, 0.05) is 42.9 Å². The highest BCUT2D eigenvalue weighted by atomic mass is 19.1. The molecule has 1 aliphatic rings. The van der Waals surface area contributed by atoms with Crippen LogP contribution in [0.5, 0.6) is 5.88 Å². The molecular formula is C28H31F2N3O3. The highest BCUT2D eigenvalue weighted by Crippen LogP contribution is 2.31. The Balaban J connectivity index is 1.66. The number of rotatable bonds is 7. The van der Waals surface area contributed by atoms with Gasteiger partial charge in [-0.1, -0.05) is 37.3 Å². The van der Waals surface area contributed by atoms with Crippen molar-refractivity contribution in [3.8, 4) is 17.0 Å². The molecule has 4 rings (SSSR count). The van der Waals surface area contributed by atoms with Crippen LogP contribution < -0.4 is 4.74 Å². The molecule has 6 nitrogen and oxygen atoms in total. The number of carbonyl (C=O) groups is 1. The Hall–Kier alpha value is -3.36. The lowest BCUT2D eigenvalue weighted by molar-refractivity contribution is 0.0325. The van der Waals surface area contributed by atoms with Gasteiger partial charge in [0.1, 0.15) is 23.3 Å². The number of benzene rings is 2. The first-order valence-corrected chi connectivity index (χ1v) is 12.0. The topological polar surface area (TPSA) is 65.9 Å². The lowest BCUT2D eigenvalue weighted by atomic mass is 9.99. The summed E-state index contributed by atoms with van der Waals surface area (Å²) in [5.41, 5.74) is 1.87. The minimum absolute atomic E-state index is 0.0842. The van der Waals surface area contributed by atoms with E-state index in [2.05, 4.69) is 4.98 Å². The number of fused-ring (bicyclic) bond motifs is 1. The highest BCUT2D eigenvalue weighted by Gasteiger charge is 2.34. The second-order valence-corrected chi connectivity index (χ2v) is 9.51. The number of aliphatic hydroxyl groups excluding tert-OH is 1. The summed E-state index contributed by atoms with van der Waals surface area (Å²) in [4.78, 5) is 21.6. The number of likely N-dealkylation sites (N-methyl/N-ethyl adjacent to an activating group) is 1. The molecule has 1 N–H and O–H groups in total. The van der Waals surface area contributed by atoms with Crippen LogP contribution in [0.2, 0.25) is 0 Å². The molecule has 0 spiro atoms. The highest BCUT2D eigenvalue weighted by molar-refractivity contribution is 5.98. The van der Waals surface area contributed by atoms with Gasteiger partial charge in [-0.25, -0.2) is 13.8 Å². The Morgan fingerprint density at radius 2 is 1.94 bits per heavy atom. The third-order valence-corrected chi connectivity index (χ3v) is 6.54. The van der Waals surface area contributed by atoms with E-state index in [0.717, 1.165) is 5.56 Å². The summed E-state index contributed by atoms with van der Waals surface area (Å²) in [6.45, 7) is 4.97. The molecule has 0 saturated carbocycles. The van der Waals surface area contributed by atoms with E-state index in [1.807, 2.05) is 24.9 Å². The maximum atomic E-state index is 14.5. The Labute approximate surface area is 210 Å². The van der Waals surface area contributed by atoms with Crippen molar-refractivity contribution in [2.24, 2.45) is 5.92 Å². The Morgan fingerprint density at radius 3 is 2.67 bits per heavy atom.